The number of rotatable bonds is 2. The summed E-state index contributed by atoms with van der Waals surface area (Å²) in [5, 5.41) is 1.36. The molecule has 23 heavy (non-hydrogen) atoms. The molecule has 0 N–H and O–H groups in total. The number of fused-ring (bicyclic) bond motifs is 3. The van der Waals surface area contributed by atoms with Gasteiger partial charge in [-0.05, 0) is 56.7 Å². The van der Waals surface area contributed by atoms with Crippen LogP contribution < -0.4 is 0 Å². The van der Waals surface area contributed by atoms with Crippen LogP contribution in [0.5, 0.6) is 0 Å². The van der Waals surface area contributed by atoms with Gasteiger partial charge in [0, 0.05) is 35.5 Å². The first kappa shape index (κ1) is 14.7. The van der Waals surface area contributed by atoms with Gasteiger partial charge in [0.15, 0.2) is 0 Å². The summed E-state index contributed by atoms with van der Waals surface area (Å²) in [6.07, 6.45) is 9.55. The Hall–Kier alpha value is -1.83. The highest BCUT2D eigenvalue weighted by atomic mass is 16.1. The van der Waals surface area contributed by atoms with Crippen molar-refractivity contribution in [2.24, 2.45) is 12.5 Å². The van der Waals surface area contributed by atoms with Crippen LogP contribution in [0.2, 0.25) is 0 Å². The van der Waals surface area contributed by atoms with E-state index in [4.69, 9.17) is 0 Å². The van der Waals surface area contributed by atoms with Gasteiger partial charge in [0.25, 0.3) is 0 Å². The molecule has 4 rings (SSSR count). The predicted molar refractivity (Wildman–Crippen MR) is 94.7 cm³/mol. The molecule has 120 valence electrons. The average molecular weight is 307 g/mol. The van der Waals surface area contributed by atoms with Crippen molar-refractivity contribution in [3.63, 3.8) is 0 Å². The Morgan fingerprint density at radius 3 is 3.00 bits per heavy atom. The topological polar surface area (TPSA) is 22.0 Å². The van der Waals surface area contributed by atoms with Crippen LogP contribution in [-0.4, -0.2) is 10.4 Å². The first-order valence-corrected chi connectivity index (χ1v) is 8.76. The van der Waals surface area contributed by atoms with E-state index in [1.165, 1.54) is 34.0 Å². The normalized spacial score (nSPS) is 26.2. The Morgan fingerprint density at radius 1 is 1.39 bits per heavy atom. The van der Waals surface area contributed by atoms with Gasteiger partial charge < -0.3 is 4.57 Å². The van der Waals surface area contributed by atoms with Crippen molar-refractivity contribution in [3.8, 4) is 0 Å². The third kappa shape index (κ3) is 2.11. The van der Waals surface area contributed by atoms with Crippen LogP contribution in [-0.2, 0) is 18.3 Å². The van der Waals surface area contributed by atoms with E-state index in [0.717, 1.165) is 25.7 Å². The molecule has 0 spiro atoms. The minimum Gasteiger partial charge on any atom is -0.350 e. The van der Waals surface area contributed by atoms with Crippen molar-refractivity contribution >= 4 is 16.7 Å². The highest BCUT2D eigenvalue weighted by Gasteiger charge is 2.47. The number of carbonyl (C=O) groups is 1. The fourth-order valence-electron chi connectivity index (χ4n) is 4.77. The van der Waals surface area contributed by atoms with E-state index in [0.29, 0.717) is 5.78 Å². The van der Waals surface area contributed by atoms with E-state index in [1.807, 2.05) is 0 Å². The van der Waals surface area contributed by atoms with Crippen LogP contribution in [0.25, 0.3) is 10.9 Å². The van der Waals surface area contributed by atoms with Crippen molar-refractivity contribution in [3.05, 3.63) is 47.2 Å². The van der Waals surface area contributed by atoms with E-state index in [-0.39, 0.29) is 11.3 Å². The molecule has 2 atom stereocenters. The predicted octanol–water partition coefficient (Wildman–Crippen LogP) is 4.91. The van der Waals surface area contributed by atoms with Crippen LogP contribution in [0.4, 0.5) is 0 Å². The summed E-state index contributed by atoms with van der Waals surface area (Å²) in [6, 6.07) is 6.49. The van der Waals surface area contributed by atoms with E-state index in [1.54, 1.807) is 0 Å². The number of hydrogen-bond acceptors (Lipinski definition) is 1. The van der Waals surface area contributed by atoms with E-state index >= 15 is 0 Å². The zero-order chi connectivity index (χ0) is 16.2. The highest BCUT2D eigenvalue weighted by Crippen LogP contribution is 2.50. The summed E-state index contributed by atoms with van der Waals surface area (Å²) in [4.78, 5) is 13.4. The lowest BCUT2D eigenvalue weighted by Crippen LogP contribution is -2.39. The third-order valence-electron chi connectivity index (χ3n) is 5.92. The summed E-state index contributed by atoms with van der Waals surface area (Å²) >= 11 is 0. The van der Waals surface area contributed by atoms with Crippen LogP contribution >= 0.6 is 0 Å². The molecule has 2 aliphatic rings. The Bertz CT molecular complexity index is 822. The standard InChI is InChI=1S/C21H25NO/c1-14(2)9-11-21-10-5-7-17(20(21)23)16-6-4-8-18-19(16)15(12-21)13-22(18)3/h4,6,8-9,13,17H,5,7,10-12H2,1-3H3/t17-,21-/m0/s1. The van der Waals surface area contributed by atoms with Gasteiger partial charge in [0.2, 0.25) is 0 Å². The Morgan fingerprint density at radius 2 is 2.22 bits per heavy atom. The summed E-state index contributed by atoms with van der Waals surface area (Å²) in [7, 11) is 2.12. The fraction of sp³-hybridized carbons (Fsp3) is 0.476. The number of allylic oxidation sites excluding steroid dienone is 2. The number of aryl methyl sites for hydroxylation is 1. The molecule has 1 heterocycles. The van der Waals surface area contributed by atoms with Gasteiger partial charge in [0.1, 0.15) is 5.78 Å². The Labute approximate surface area is 138 Å². The number of Topliss-reactive ketones (excluding diaryl/α,β-unsaturated/α-hetero) is 1. The van der Waals surface area contributed by atoms with Crippen LogP contribution in [0.1, 0.15) is 56.6 Å². The fourth-order valence-corrected chi connectivity index (χ4v) is 4.77. The van der Waals surface area contributed by atoms with E-state index in [9.17, 15) is 4.79 Å². The SMILES string of the molecule is CC(C)=CC[C@]12CCC[C@H](C1=O)c1cccc3c1c(cn3C)C2. The number of aromatic nitrogens is 1. The minimum absolute atomic E-state index is 0.0988. The number of nitrogens with zero attached hydrogens (tertiary/aromatic N) is 1. The minimum atomic E-state index is -0.187. The molecule has 2 heteroatoms. The molecular weight excluding hydrogens is 282 g/mol. The van der Waals surface area contributed by atoms with E-state index in [2.05, 4.69) is 55.9 Å². The first-order valence-electron chi connectivity index (χ1n) is 8.76. The molecule has 2 aromatic rings. The van der Waals surface area contributed by atoms with E-state index < -0.39 is 0 Å². The van der Waals surface area contributed by atoms with Gasteiger partial charge in [-0.2, -0.15) is 0 Å². The first-order chi connectivity index (χ1) is 11.0. The van der Waals surface area contributed by atoms with Crippen molar-refractivity contribution in [2.45, 2.75) is 51.9 Å². The molecule has 1 aromatic carbocycles. The van der Waals surface area contributed by atoms with Crippen molar-refractivity contribution in [2.75, 3.05) is 0 Å². The number of ketones is 1. The molecule has 1 saturated carbocycles. The summed E-state index contributed by atoms with van der Waals surface area (Å²) < 4.78 is 2.23. The number of benzene rings is 1. The molecule has 0 aliphatic heterocycles. The molecule has 2 nitrogen and oxygen atoms in total. The lowest BCUT2D eigenvalue weighted by atomic mass is 9.64. The van der Waals surface area contributed by atoms with Crippen LogP contribution in [0, 0.1) is 5.41 Å². The quantitative estimate of drug-likeness (QED) is 0.722. The maximum atomic E-state index is 13.4. The maximum absolute atomic E-state index is 13.4. The van der Waals surface area contributed by atoms with Gasteiger partial charge >= 0.3 is 0 Å². The summed E-state index contributed by atoms with van der Waals surface area (Å²) in [5.41, 5.74) is 5.05. The van der Waals surface area contributed by atoms with Gasteiger partial charge in [-0.25, -0.2) is 0 Å². The summed E-state index contributed by atoms with van der Waals surface area (Å²) in [5.74, 6) is 0.592. The number of hydrogen-bond donors (Lipinski definition) is 0. The molecule has 1 fully saturated rings. The average Bonchev–Trinajstić information content (AvgIpc) is 2.83. The second-order valence-corrected chi connectivity index (χ2v) is 7.76. The zero-order valence-corrected chi connectivity index (χ0v) is 14.4. The van der Waals surface area contributed by atoms with Gasteiger partial charge in [0.05, 0.1) is 0 Å². The molecule has 0 amide bonds. The summed E-state index contributed by atoms with van der Waals surface area (Å²) in [6.45, 7) is 4.27. The molecule has 2 aliphatic carbocycles. The van der Waals surface area contributed by atoms with Crippen LogP contribution in [0.3, 0.4) is 0 Å². The molecule has 2 bridgehead atoms. The molecule has 0 unspecified atom stereocenters. The Kier molecular flexibility index (Phi) is 3.26. The number of carbonyl (C=O) groups excluding carboxylic acids is 1. The second-order valence-electron chi connectivity index (χ2n) is 7.76. The lowest BCUT2D eigenvalue weighted by molar-refractivity contribution is -0.132. The van der Waals surface area contributed by atoms with Gasteiger partial charge in [-0.1, -0.05) is 30.2 Å². The van der Waals surface area contributed by atoms with Crippen molar-refractivity contribution < 1.29 is 4.79 Å². The maximum Gasteiger partial charge on any atom is 0.147 e. The highest BCUT2D eigenvalue weighted by molar-refractivity contribution is 6.00. The zero-order valence-electron chi connectivity index (χ0n) is 14.4. The molecule has 0 radical (unpaired) electrons. The Balaban J connectivity index is 1.94. The molecule has 1 aromatic heterocycles. The monoisotopic (exact) mass is 307 g/mol. The van der Waals surface area contributed by atoms with Crippen LogP contribution in [0.15, 0.2) is 36.0 Å². The van der Waals surface area contributed by atoms with Crippen molar-refractivity contribution in [1.29, 1.82) is 0 Å². The van der Waals surface area contributed by atoms with Gasteiger partial charge in [-0.15, -0.1) is 0 Å². The smallest absolute Gasteiger partial charge is 0.147 e. The molecule has 0 saturated heterocycles. The lowest BCUT2D eigenvalue weighted by Gasteiger charge is -2.38. The second kappa shape index (κ2) is 5.09. The van der Waals surface area contributed by atoms with Crippen molar-refractivity contribution in [1.82, 2.24) is 4.57 Å². The molecular formula is C21H25NO. The van der Waals surface area contributed by atoms with Gasteiger partial charge in [-0.3, -0.25) is 4.79 Å². The largest absolute Gasteiger partial charge is 0.350 e. The third-order valence-corrected chi connectivity index (χ3v) is 5.92.